The zero-order chi connectivity index (χ0) is 17.1. The zero-order valence-corrected chi connectivity index (χ0v) is 14.9. The van der Waals surface area contributed by atoms with E-state index < -0.39 is 0 Å². The summed E-state index contributed by atoms with van der Waals surface area (Å²) in [7, 11) is 3.86. The van der Waals surface area contributed by atoms with E-state index in [0.29, 0.717) is 27.8 Å². The zero-order valence-electron chi connectivity index (χ0n) is 13.4. The van der Waals surface area contributed by atoms with Crippen molar-refractivity contribution in [2.75, 3.05) is 14.1 Å². The van der Waals surface area contributed by atoms with Crippen LogP contribution in [-0.4, -0.2) is 30.3 Å². The van der Waals surface area contributed by atoms with Crippen LogP contribution in [0.3, 0.4) is 0 Å². The van der Waals surface area contributed by atoms with E-state index in [-0.39, 0.29) is 6.54 Å². The van der Waals surface area contributed by atoms with Gasteiger partial charge in [-0.1, -0.05) is 29.3 Å². The van der Waals surface area contributed by atoms with Crippen LogP contribution in [0.15, 0.2) is 18.2 Å². The van der Waals surface area contributed by atoms with E-state index in [1.165, 1.54) is 0 Å². The van der Waals surface area contributed by atoms with Crippen molar-refractivity contribution >= 4 is 29.5 Å². The average Bonchev–Trinajstić information content (AvgIpc) is 2.46. The standard InChI is InChI=1S/C17H19Cl2N3O/c1-10-13(7-20)17(12-5-4-11(18)6-15(12)19)14(9-23)16(21-10)8-22(2)3/h4-6,9H,7-8,20H2,1-3H3. The molecule has 0 aliphatic heterocycles. The first kappa shape index (κ1) is 17.9. The van der Waals surface area contributed by atoms with Gasteiger partial charge >= 0.3 is 0 Å². The molecule has 0 aliphatic carbocycles. The number of aryl methyl sites for hydroxylation is 1. The third-order valence-corrected chi connectivity index (χ3v) is 4.16. The van der Waals surface area contributed by atoms with Crippen molar-refractivity contribution in [2.24, 2.45) is 5.73 Å². The normalized spacial score (nSPS) is 11.1. The summed E-state index contributed by atoms with van der Waals surface area (Å²) in [5.41, 5.74) is 10.2. The Hall–Kier alpha value is -1.46. The maximum atomic E-state index is 11.8. The van der Waals surface area contributed by atoms with Gasteiger partial charge in [-0.15, -0.1) is 0 Å². The van der Waals surface area contributed by atoms with Gasteiger partial charge in [0.25, 0.3) is 0 Å². The molecule has 6 heteroatoms. The molecule has 1 heterocycles. The fourth-order valence-corrected chi connectivity index (χ4v) is 3.12. The molecule has 0 spiro atoms. The smallest absolute Gasteiger partial charge is 0.152 e. The maximum absolute atomic E-state index is 11.8. The molecule has 0 bridgehead atoms. The summed E-state index contributed by atoms with van der Waals surface area (Å²) in [6.07, 6.45) is 0.824. The number of hydrogen-bond acceptors (Lipinski definition) is 4. The monoisotopic (exact) mass is 351 g/mol. The Morgan fingerprint density at radius 2 is 2.00 bits per heavy atom. The van der Waals surface area contributed by atoms with E-state index in [0.717, 1.165) is 28.7 Å². The molecule has 0 radical (unpaired) electrons. The first-order valence-corrected chi connectivity index (χ1v) is 7.92. The van der Waals surface area contributed by atoms with Crippen LogP contribution < -0.4 is 5.73 Å². The van der Waals surface area contributed by atoms with Crippen molar-refractivity contribution < 1.29 is 4.79 Å². The molecular formula is C17H19Cl2N3O. The summed E-state index contributed by atoms with van der Waals surface area (Å²) >= 11 is 12.3. The third kappa shape index (κ3) is 3.72. The average molecular weight is 352 g/mol. The van der Waals surface area contributed by atoms with E-state index in [1.54, 1.807) is 12.1 Å². The van der Waals surface area contributed by atoms with Crippen molar-refractivity contribution in [1.82, 2.24) is 9.88 Å². The molecule has 0 saturated carbocycles. The second-order valence-corrected chi connectivity index (χ2v) is 6.44. The summed E-state index contributed by atoms with van der Waals surface area (Å²) in [6, 6.07) is 5.22. The number of hydrogen-bond donors (Lipinski definition) is 1. The number of nitrogens with zero attached hydrogens (tertiary/aromatic N) is 2. The van der Waals surface area contributed by atoms with Crippen LogP contribution in [0.5, 0.6) is 0 Å². The van der Waals surface area contributed by atoms with Crippen LogP contribution >= 0.6 is 23.2 Å². The van der Waals surface area contributed by atoms with E-state index >= 15 is 0 Å². The molecule has 0 saturated heterocycles. The number of pyridine rings is 1. The van der Waals surface area contributed by atoms with Gasteiger partial charge in [0.2, 0.25) is 0 Å². The van der Waals surface area contributed by atoms with Gasteiger partial charge in [-0.2, -0.15) is 0 Å². The molecule has 23 heavy (non-hydrogen) atoms. The van der Waals surface area contributed by atoms with Crippen molar-refractivity contribution in [3.63, 3.8) is 0 Å². The number of halogens is 2. The highest BCUT2D eigenvalue weighted by Gasteiger charge is 2.20. The largest absolute Gasteiger partial charge is 0.326 e. The first-order valence-electron chi connectivity index (χ1n) is 7.16. The van der Waals surface area contributed by atoms with Crippen LogP contribution in [0.4, 0.5) is 0 Å². The Morgan fingerprint density at radius 1 is 1.30 bits per heavy atom. The third-order valence-electron chi connectivity index (χ3n) is 3.61. The van der Waals surface area contributed by atoms with Crippen molar-refractivity contribution in [3.8, 4) is 11.1 Å². The lowest BCUT2D eigenvalue weighted by molar-refractivity contribution is 0.112. The number of carbonyl (C=O) groups excluding carboxylic acids is 1. The van der Waals surface area contributed by atoms with Crippen LogP contribution in [0, 0.1) is 6.92 Å². The molecule has 4 nitrogen and oxygen atoms in total. The Labute approximate surface area is 146 Å². The Morgan fingerprint density at radius 3 is 2.52 bits per heavy atom. The molecule has 2 aromatic rings. The van der Waals surface area contributed by atoms with Crippen LogP contribution in [0.2, 0.25) is 10.0 Å². The number of carbonyl (C=O) groups is 1. The summed E-state index contributed by atoms with van der Waals surface area (Å²) in [6.45, 7) is 2.72. The van der Waals surface area contributed by atoms with E-state index in [9.17, 15) is 4.79 Å². The predicted molar refractivity (Wildman–Crippen MR) is 95.1 cm³/mol. The van der Waals surface area contributed by atoms with Gasteiger partial charge in [-0.25, -0.2) is 0 Å². The molecule has 0 amide bonds. The minimum absolute atomic E-state index is 0.274. The molecular weight excluding hydrogens is 333 g/mol. The Kier molecular flexibility index (Phi) is 5.76. The van der Waals surface area contributed by atoms with Crippen molar-refractivity contribution in [1.29, 1.82) is 0 Å². The number of nitrogens with two attached hydrogens (primary N) is 1. The lowest BCUT2D eigenvalue weighted by Crippen LogP contribution is -2.17. The first-order chi connectivity index (χ1) is 10.9. The van der Waals surface area contributed by atoms with Gasteiger partial charge in [-0.3, -0.25) is 9.78 Å². The molecule has 122 valence electrons. The summed E-state index contributed by atoms with van der Waals surface area (Å²) in [5.74, 6) is 0. The van der Waals surface area contributed by atoms with Gasteiger partial charge in [0.05, 0.1) is 5.69 Å². The molecule has 0 unspecified atom stereocenters. The van der Waals surface area contributed by atoms with Crippen molar-refractivity contribution in [3.05, 3.63) is 50.8 Å². The Bertz CT molecular complexity index is 745. The van der Waals surface area contributed by atoms with E-state index in [1.807, 2.05) is 32.0 Å². The second kappa shape index (κ2) is 7.41. The number of rotatable bonds is 5. The molecule has 2 rings (SSSR count). The highest BCUT2D eigenvalue weighted by molar-refractivity contribution is 6.36. The molecule has 2 N–H and O–H groups in total. The topological polar surface area (TPSA) is 59.2 Å². The molecule has 0 aliphatic rings. The van der Waals surface area contributed by atoms with Crippen molar-refractivity contribution in [2.45, 2.75) is 20.0 Å². The van der Waals surface area contributed by atoms with Crippen LogP contribution in [0.1, 0.15) is 27.3 Å². The highest BCUT2D eigenvalue weighted by Crippen LogP contribution is 2.36. The van der Waals surface area contributed by atoms with E-state index in [2.05, 4.69) is 4.98 Å². The van der Waals surface area contributed by atoms with Gasteiger partial charge in [0.1, 0.15) is 0 Å². The predicted octanol–water partition coefficient (Wildman–Crippen LogP) is 3.70. The lowest BCUT2D eigenvalue weighted by Gasteiger charge is -2.19. The molecule has 0 fully saturated rings. The molecule has 1 aromatic heterocycles. The minimum atomic E-state index is 0.274. The number of benzene rings is 1. The SMILES string of the molecule is Cc1nc(CN(C)C)c(C=O)c(-c2ccc(Cl)cc2Cl)c1CN. The molecule has 1 aromatic carbocycles. The van der Waals surface area contributed by atoms with Gasteiger partial charge < -0.3 is 10.6 Å². The van der Waals surface area contributed by atoms with Gasteiger partial charge in [0, 0.05) is 45.5 Å². The number of aldehydes is 1. The summed E-state index contributed by atoms with van der Waals surface area (Å²) in [5, 5.41) is 1.02. The van der Waals surface area contributed by atoms with Crippen LogP contribution in [-0.2, 0) is 13.1 Å². The Balaban J connectivity index is 2.82. The van der Waals surface area contributed by atoms with E-state index in [4.69, 9.17) is 28.9 Å². The lowest BCUT2D eigenvalue weighted by atomic mass is 9.92. The van der Waals surface area contributed by atoms with Gasteiger partial charge in [0.15, 0.2) is 6.29 Å². The summed E-state index contributed by atoms with van der Waals surface area (Å²) < 4.78 is 0. The fraction of sp³-hybridized carbons (Fsp3) is 0.294. The van der Waals surface area contributed by atoms with Crippen LogP contribution in [0.25, 0.3) is 11.1 Å². The minimum Gasteiger partial charge on any atom is -0.326 e. The highest BCUT2D eigenvalue weighted by atomic mass is 35.5. The van der Waals surface area contributed by atoms with Gasteiger partial charge in [-0.05, 0) is 38.7 Å². The second-order valence-electron chi connectivity index (χ2n) is 5.60. The number of aromatic nitrogens is 1. The molecule has 0 atom stereocenters. The maximum Gasteiger partial charge on any atom is 0.152 e. The quantitative estimate of drug-likeness (QED) is 0.834. The fourth-order valence-electron chi connectivity index (χ4n) is 2.61. The summed E-state index contributed by atoms with van der Waals surface area (Å²) in [4.78, 5) is 18.3.